The summed E-state index contributed by atoms with van der Waals surface area (Å²) >= 11 is 1.61. The van der Waals surface area contributed by atoms with E-state index in [2.05, 4.69) is 0 Å². The highest BCUT2D eigenvalue weighted by atomic mass is 32.1. The summed E-state index contributed by atoms with van der Waals surface area (Å²) in [7, 11) is 5.59. The molecule has 0 amide bonds. The van der Waals surface area contributed by atoms with Crippen molar-refractivity contribution in [1.29, 1.82) is 0 Å². The van der Waals surface area contributed by atoms with Gasteiger partial charge < -0.3 is 0 Å². The van der Waals surface area contributed by atoms with Crippen molar-refractivity contribution in [1.82, 2.24) is 0 Å². The predicted molar refractivity (Wildman–Crippen MR) is 89.3 cm³/mol. The van der Waals surface area contributed by atoms with E-state index < -0.39 is 0 Å². The van der Waals surface area contributed by atoms with E-state index in [0.29, 0.717) is 11.9 Å². The molecule has 0 spiro atoms. The molecule has 0 aliphatic heterocycles. The third-order valence-electron chi connectivity index (χ3n) is 3.50. The molecular weight excluding hydrogens is 278 g/mol. The Balaban J connectivity index is 1.96. The fourth-order valence-corrected chi connectivity index (χ4v) is 3.20. The summed E-state index contributed by atoms with van der Waals surface area (Å²) in [5.74, 6) is -0.183. The highest BCUT2D eigenvalue weighted by Gasteiger charge is 2.09. The first-order valence-corrected chi connectivity index (χ1v) is 7.65. The van der Waals surface area contributed by atoms with E-state index in [-0.39, 0.29) is 5.82 Å². The number of benzene rings is 2. The van der Waals surface area contributed by atoms with E-state index in [0.717, 1.165) is 21.6 Å². The van der Waals surface area contributed by atoms with Gasteiger partial charge in [-0.1, -0.05) is 42.2 Å². The van der Waals surface area contributed by atoms with Crippen LogP contribution in [0, 0.1) is 12.7 Å². The fourth-order valence-electron chi connectivity index (χ4n) is 2.31. The maximum Gasteiger partial charge on any atom is 0.132 e. The average molecular weight is 292 g/mol. The number of rotatable bonds is 3. The van der Waals surface area contributed by atoms with Gasteiger partial charge in [0.1, 0.15) is 5.82 Å². The first kappa shape index (κ1) is 14.1. The normalized spacial score (nSPS) is 10.8. The molecule has 0 atom stereocenters. The van der Waals surface area contributed by atoms with Crippen LogP contribution < -0.4 is 0 Å². The Kier molecular flexibility index (Phi) is 3.93. The molecule has 0 saturated heterocycles. The van der Waals surface area contributed by atoms with Gasteiger partial charge in [-0.3, -0.25) is 0 Å². The summed E-state index contributed by atoms with van der Waals surface area (Å²) in [5.41, 5.74) is 3.62. The maximum atomic E-state index is 14.4. The minimum absolute atomic E-state index is 0.183. The van der Waals surface area contributed by atoms with Gasteiger partial charge in [-0.05, 0) is 42.3 Å². The van der Waals surface area contributed by atoms with Gasteiger partial charge in [-0.25, -0.2) is 4.39 Å². The Morgan fingerprint density at radius 1 is 0.952 bits per heavy atom. The minimum Gasteiger partial charge on any atom is -0.206 e. The fraction of sp³-hybridized carbons (Fsp3) is 0.111. The van der Waals surface area contributed by atoms with Crippen LogP contribution in [0.2, 0.25) is 0 Å². The quantitative estimate of drug-likeness (QED) is 0.582. The number of hydrogen-bond acceptors (Lipinski definition) is 1. The van der Waals surface area contributed by atoms with Crippen LogP contribution >= 0.6 is 11.3 Å². The molecule has 2 aromatic carbocycles. The standard InChI is InChI=1S/C18H14BFS/c1-12-2-9-18(21-12)16-8-7-15(10-17(16)20)14-5-3-13(11-19)4-6-14/h2-10H,11H2,1H3. The lowest BCUT2D eigenvalue weighted by Crippen LogP contribution is -1.86. The monoisotopic (exact) mass is 292 g/mol. The van der Waals surface area contributed by atoms with Crippen molar-refractivity contribution in [3.63, 3.8) is 0 Å². The Morgan fingerprint density at radius 2 is 1.67 bits per heavy atom. The summed E-state index contributed by atoms with van der Waals surface area (Å²) in [4.78, 5) is 2.15. The van der Waals surface area contributed by atoms with Crippen LogP contribution in [0.3, 0.4) is 0 Å². The van der Waals surface area contributed by atoms with Gasteiger partial charge in [0, 0.05) is 15.3 Å². The zero-order valence-corrected chi connectivity index (χ0v) is 12.6. The van der Waals surface area contributed by atoms with Gasteiger partial charge in [0.25, 0.3) is 0 Å². The molecule has 0 aliphatic rings. The highest BCUT2D eigenvalue weighted by molar-refractivity contribution is 7.15. The van der Waals surface area contributed by atoms with Crippen molar-refractivity contribution < 1.29 is 4.39 Å². The molecule has 1 heterocycles. The first-order valence-electron chi connectivity index (χ1n) is 6.83. The van der Waals surface area contributed by atoms with Crippen molar-refractivity contribution in [2.45, 2.75) is 13.2 Å². The average Bonchev–Trinajstić information content (AvgIpc) is 2.93. The van der Waals surface area contributed by atoms with Gasteiger partial charge in [-0.15, -0.1) is 11.3 Å². The zero-order valence-electron chi connectivity index (χ0n) is 11.8. The van der Waals surface area contributed by atoms with Crippen LogP contribution in [-0.2, 0) is 6.32 Å². The third-order valence-corrected chi connectivity index (χ3v) is 4.53. The van der Waals surface area contributed by atoms with E-state index in [1.54, 1.807) is 17.4 Å². The van der Waals surface area contributed by atoms with E-state index in [1.165, 1.54) is 4.88 Å². The van der Waals surface area contributed by atoms with Gasteiger partial charge in [-0.2, -0.15) is 0 Å². The number of aryl methyl sites for hydroxylation is 1. The Labute approximate surface area is 129 Å². The molecule has 0 bridgehead atoms. The zero-order chi connectivity index (χ0) is 14.8. The molecule has 3 aromatic rings. The summed E-state index contributed by atoms with van der Waals surface area (Å²) < 4.78 is 14.4. The number of halogens is 1. The Hall–Kier alpha value is -1.87. The molecule has 0 fully saturated rings. The molecular formula is C18H14BFS. The van der Waals surface area contributed by atoms with Crippen LogP contribution in [0.4, 0.5) is 4.39 Å². The summed E-state index contributed by atoms with van der Waals surface area (Å²) in [6, 6.07) is 17.3. The third kappa shape index (κ3) is 2.93. The van der Waals surface area contributed by atoms with Crippen LogP contribution in [0.1, 0.15) is 10.4 Å². The van der Waals surface area contributed by atoms with Gasteiger partial charge in [0.2, 0.25) is 0 Å². The maximum absolute atomic E-state index is 14.4. The van der Waals surface area contributed by atoms with Crippen LogP contribution in [0.15, 0.2) is 54.6 Å². The molecule has 102 valence electrons. The molecule has 1 aromatic heterocycles. The topological polar surface area (TPSA) is 0 Å². The van der Waals surface area contributed by atoms with Crippen LogP contribution in [-0.4, -0.2) is 7.85 Å². The van der Waals surface area contributed by atoms with E-state index in [9.17, 15) is 4.39 Å². The van der Waals surface area contributed by atoms with Crippen LogP contribution in [0.25, 0.3) is 21.6 Å². The predicted octanol–water partition coefficient (Wildman–Crippen LogP) is 5.20. The lowest BCUT2D eigenvalue weighted by molar-refractivity contribution is 0.632. The van der Waals surface area contributed by atoms with Gasteiger partial charge in [0.05, 0.1) is 7.85 Å². The molecule has 0 saturated carbocycles. The Bertz CT molecular complexity index is 759. The van der Waals surface area contributed by atoms with Crippen LogP contribution in [0.5, 0.6) is 0 Å². The van der Waals surface area contributed by atoms with E-state index >= 15 is 0 Å². The van der Waals surface area contributed by atoms with Crippen molar-refractivity contribution in [2.75, 3.05) is 0 Å². The van der Waals surface area contributed by atoms with Crippen molar-refractivity contribution in [3.8, 4) is 21.6 Å². The lowest BCUT2D eigenvalue weighted by atomic mass is 9.95. The lowest BCUT2D eigenvalue weighted by Gasteiger charge is -2.06. The van der Waals surface area contributed by atoms with Gasteiger partial charge >= 0.3 is 0 Å². The van der Waals surface area contributed by atoms with Gasteiger partial charge in [0.15, 0.2) is 0 Å². The molecule has 2 radical (unpaired) electrons. The smallest absolute Gasteiger partial charge is 0.132 e. The minimum atomic E-state index is -0.183. The summed E-state index contributed by atoms with van der Waals surface area (Å²) in [5, 5.41) is 0. The molecule has 3 heteroatoms. The molecule has 21 heavy (non-hydrogen) atoms. The second-order valence-corrected chi connectivity index (χ2v) is 6.29. The first-order chi connectivity index (χ1) is 10.2. The van der Waals surface area contributed by atoms with Crippen molar-refractivity contribution in [2.24, 2.45) is 0 Å². The van der Waals surface area contributed by atoms with E-state index in [4.69, 9.17) is 7.85 Å². The second-order valence-electron chi connectivity index (χ2n) is 5.01. The van der Waals surface area contributed by atoms with E-state index in [1.807, 2.05) is 55.5 Å². The molecule has 0 nitrogen and oxygen atoms in total. The summed E-state index contributed by atoms with van der Waals surface area (Å²) in [6.07, 6.45) is 0.519. The second kappa shape index (κ2) is 5.86. The Morgan fingerprint density at radius 3 is 2.24 bits per heavy atom. The number of hydrogen-bond donors (Lipinski definition) is 0. The highest BCUT2D eigenvalue weighted by Crippen LogP contribution is 2.32. The SMILES string of the molecule is [B]Cc1ccc(-c2ccc(-c3ccc(C)s3)c(F)c2)cc1. The summed E-state index contributed by atoms with van der Waals surface area (Å²) in [6.45, 7) is 2.03. The molecule has 0 aliphatic carbocycles. The van der Waals surface area contributed by atoms with Crippen molar-refractivity contribution >= 4 is 19.2 Å². The van der Waals surface area contributed by atoms with Crippen molar-refractivity contribution in [3.05, 3.63) is 70.9 Å². The number of thiophene rings is 1. The molecule has 3 rings (SSSR count). The molecule has 0 unspecified atom stereocenters. The largest absolute Gasteiger partial charge is 0.206 e. The molecule has 0 N–H and O–H groups in total.